The Balaban J connectivity index is 1.78. The van der Waals surface area contributed by atoms with Gasteiger partial charge in [-0.25, -0.2) is 0 Å². The minimum Gasteiger partial charge on any atom is -0.496 e. The first-order chi connectivity index (χ1) is 14.1. The summed E-state index contributed by atoms with van der Waals surface area (Å²) in [5, 5.41) is 3.78. The Hall–Kier alpha value is -3.61. The second kappa shape index (κ2) is 9.05. The molecule has 2 aromatic carbocycles. The smallest absolute Gasteiger partial charge is 0.258 e. The first-order valence-electron chi connectivity index (χ1n) is 9.18. The van der Waals surface area contributed by atoms with Crippen LogP contribution < -0.4 is 19.7 Å². The lowest BCUT2D eigenvalue weighted by Crippen LogP contribution is -2.38. The van der Waals surface area contributed by atoms with Crippen LogP contribution in [-0.2, 0) is 4.79 Å². The van der Waals surface area contributed by atoms with E-state index < -0.39 is 0 Å². The quantitative estimate of drug-likeness (QED) is 0.667. The lowest BCUT2D eigenvalue weighted by molar-refractivity contribution is -0.116. The van der Waals surface area contributed by atoms with E-state index in [2.05, 4.69) is 10.3 Å². The second-order valence-electron chi connectivity index (χ2n) is 6.32. The number of rotatable bonds is 7. The van der Waals surface area contributed by atoms with Crippen LogP contribution in [0.2, 0.25) is 0 Å². The molecule has 7 heteroatoms. The van der Waals surface area contributed by atoms with Crippen LogP contribution in [0.3, 0.4) is 0 Å². The normalized spacial score (nSPS) is 10.4. The van der Waals surface area contributed by atoms with Crippen LogP contribution in [0.15, 0.2) is 54.7 Å². The van der Waals surface area contributed by atoms with Crippen molar-refractivity contribution in [3.05, 3.63) is 60.3 Å². The fourth-order valence-electron chi connectivity index (χ4n) is 3.20. The zero-order valence-electron chi connectivity index (χ0n) is 16.6. The van der Waals surface area contributed by atoms with Crippen molar-refractivity contribution in [3.63, 3.8) is 0 Å². The molecule has 150 valence electrons. The highest BCUT2D eigenvalue weighted by molar-refractivity contribution is 6.02. The highest BCUT2D eigenvalue weighted by Crippen LogP contribution is 2.28. The standard InChI is InChI=1S/C22H23N3O4/c1-15(26)25(17-9-4-7-16-8-6-12-23-21(16)17)14-13-24-22(27)20-18(28-2)10-5-11-19(20)29-3/h4-12H,13-14H2,1-3H3,(H,24,27). The van der Waals surface area contributed by atoms with E-state index in [1.165, 1.54) is 21.1 Å². The highest BCUT2D eigenvalue weighted by Gasteiger charge is 2.19. The largest absolute Gasteiger partial charge is 0.496 e. The fraction of sp³-hybridized carbons (Fsp3) is 0.227. The number of para-hydroxylation sites is 1. The van der Waals surface area contributed by atoms with Gasteiger partial charge in [0, 0.05) is 31.6 Å². The number of fused-ring (bicyclic) bond motifs is 1. The number of hydrogen-bond donors (Lipinski definition) is 1. The number of ether oxygens (including phenoxy) is 2. The molecule has 3 aromatic rings. The monoisotopic (exact) mass is 393 g/mol. The molecule has 0 aliphatic heterocycles. The van der Waals surface area contributed by atoms with Crippen molar-refractivity contribution < 1.29 is 19.1 Å². The highest BCUT2D eigenvalue weighted by atomic mass is 16.5. The molecule has 7 nitrogen and oxygen atoms in total. The average Bonchev–Trinajstić information content (AvgIpc) is 2.75. The fourth-order valence-corrected chi connectivity index (χ4v) is 3.20. The molecule has 1 aromatic heterocycles. The summed E-state index contributed by atoms with van der Waals surface area (Å²) < 4.78 is 10.6. The molecule has 2 amide bonds. The van der Waals surface area contributed by atoms with Gasteiger partial charge in [0.1, 0.15) is 17.1 Å². The van der Waals surface area contributed by atoms with Crippen molar-refractivity contribution in [2.45, 2.75) is 6.92 Å². The predicted octanol–water partition coefficient (Wildman–Crippen LogP) is 3.03. The molecule has 0 fully saturated rings. The Kier molecular flexibility index (Phi) is 6.29. The topological polar surface area (TPSA) is 80.8 Å². The summed E-state index contributed by atoms with van der Waals surface area (Å²) in [6.07, 6.45) is 1.69. The van der Waals surface area contributed by atoms with Crippen LogP contribution in [0, 0.1) is 0 Å². The van der Waals surface area contributed by atoms with Gasteiger partial charge in [-0.3, -0.25) is 14.6 Å². The maximum Gasteiger partial charge on any atom is 0.258 e. The third kappa shape index (κ3) is 4.29. The van der Waals surface area contributed by atoms with Gasteiger partial charge < -0.3 is 19.7 Å². The number of nitrogens with zero attached hydrogens (tertiary/aromatic N) is 2. The van der Waals surface area contributed by atoms with Crippen LogP contribution in [0.5, 0.6) is 11.5 Å². The lowest BCUT2D eigenvalue weighted by atomic mass is 10.1. The number of hydrogen-bond acceptors (Lipinski definition) is 5. The second-order valence-corrected chi connectivity index (χ2v) is 6.32. The summed E-state index contributed by atoms with van der Waals surface area (Å²) in [4.78, 5) is 31.0. The van der Waals surface area contributed by atoms with E-state index in [0.29, 0.717) is 29.3 Å². The maximum absolute atomic E-state index is 12.7. The summed E-state index contributed by atoms with van der Waals surface area (Å²) in [7, 11) is 2.99. The van der Waals surface area contributed by atoms with E-state index in [0.717, 1.165) is 10.9 Å². The first kappa shape index (κ1) is 20.1. The summed E-state index contributed by atoms with van der Waals surface area (Å²) in [5.74, 6) is 0.373. The predicted molar refractivity (Wildman–Crippen MR) is 112 cm³/mol. The van der Waals surface area contributed by atoms with Crippen molar-refractivity contribution in [3.8, 4) is 11.5 Å². The summed E-state index contributed by atoms with van der Waals surface area (Å²) >= 11 is 0. The van der Waals surface area contributed by atoms with Gasteiger partial charge in [0.25, 0.3) is 5.91 Å². The molecule has 0 aliphatic carbocycles. The Bertz CT molecular complexity index is 1010. The molecular weight excluding hydrogens is 370 g/mol. The molecule has 0 atom stereocenters. The summed E-state index contributed by atoms with van der Waals surface area (Å²) in [6.45, 7) is 2.05. The van der Waals surface area contributed by atoms with E-state index >= 15 is 0 Å². The van der Waals surface area contributed by atoms with Gasteiger partial charge in [0.2, 0.25) is 5.91 Å². The zero-order chi connectivity index (χ0) is 20.8. The van der Waals surface area contributed by atoms with E-state index in [-0.39, 0.29) is 18.4 Å². The molecule has 0 saturated carbocycles. The van der Waals surface area contributed by atoms with Crippen molar-refractivity contribution >= 4 is 28.4 Å². The summed E-state index contributed by atoms with van der Waals surface area (Å²) in [5.41, 5.74) is 1.77. The molecule has 29 heavy (non-hydrogen) atoms. The van der Waals surface area contributed by atoms with Gasteiger partial charge >= 0.3 is 0 Å². The zero-order valence-corrected chi connectivity index (χ0v) is 16.6. The van der Waals surface area contributed by atoms with Gasteiger partial charge in [-0.15, -0.1) is 0 Å². The lowest BCUT2D eigenvalue weighted by Gasteiger charge is -2.22. The Labute approximate surface area is 169 Å². The van der Waals surface area contributed by atoms with E-state index in [9.17, 15) is 9.59 Å². The molecule has 0 spiro atoms. The number of benzene rings is 2. The van der Waals surface area contributed by atoms with Crippen molar-refractivity contribution in [1.82, 2.24) is 10.3 Å². The van der Waals surface area contributed by atoms with Gasteiger partial charge in [-0.2, -0.15) is 0 Å². The van der Waals surface area contributed by atoms with Crippen LogP contribution in [0.1, 0.15) is 17.3 Å². The summed E-state index contributed by atoms with van der Waals surface area (Å²) in [6, 6.07) is 14.6. The molecule has 0 unspecified atom stereocenters. The Morgan fingerprint density at radius 2 is 1.66 bits per heavy atom. The van der Waals surface area contributed by atoms with Gasteiger partial charge in [0.05, 0.1) is 25.4 Å². The SMILES string of the molecule is COc1cccc(OC)c1C(=O)NCCN(C(C)=O)c1cccc2cccnc12. The molecular formula is C22H23N3O4. The molecule has 0 aliphatic rings. The van der Waals surface area contributed by atoms with E-state index in [1.54, 1.807) is 29.3 Å². The van der Waals surface area contributed by atoms with E-state index in [1.807, 2.05) is 30.3 Å². The molecule has 3 rings (SSSR count). The van der Waals surface area contributed by atoms with Gasteiger partial charge in [0.15, 0.2) is 0 Å². The van der Waals surface area contributed by atoms with Crippen molar-refractivity contribution in [2.75, 3.05) is 32.2 Å². The number of carbonyl (C=O) groups excluding carboxylic acids is 2. The molecule has 1 N–H and O–H groups in total. The van der Waals surface area contributed by atoms with Crippen LogP contribution in [0.25, 0.3) is 10.9 Å². The van der Waals surface area contributed by atoms with Crippen LogP contribution in [0.4, 0.5) is 5.69 Å². The first-order valence-corrected chi connectivity index (χ1v) is 9.18. The van der Waals surface area contributed by atoms with Crippen molar-refractivity contribution in [2.24, 2.45) is 0 Å². The third-order valence-corrected chi connectivity index (χ3v) is 4.56. The number of aromatic nitrogens is 1. The number of amides is 2. The minimum atomic E-state index is -0.334. The number of nitrogens with one attached hydrogen (secondary N) is 1. The van der Waals surface area contributed by atoms with Gasteiger partial charge in [-0.05, 0) is 24.3 Å². The molecule has 0 radical (unpaired) electrons. The number of carbonyl (C=O) groups is 2. The minimum absolute atomic E-state index is 0.132. The molecule has 1 heterocycles. The van der Waals surface area contributed by atoms with Gasteiger partial charge in [-0.1, -0.05) is 24.3 Å². The number of anilines is 1. The third-order valence-electron chi connectivity index (χ3n) is 4.56. The van der Waals surface area contributed by atoms with E-state index in [4.69, 9.17) is 9.47 Å². The molecule has 0 bridgehead atoms. The number of methoxy groups -OCH3 is 2. The van der Waals surface area contributed by atoms with Crippen molar-refractivity contribution in [1.29, 1.82) is 0 Å². The van der Waals surface area contributed by atoms with Crippen LogP contribution >= 0.6 is 0 Å². The number of pyridine rings is 1. The van der Waals surface area contributed by atoms with Crippen LogP contribution in [-0.4, -0.2) is 44.1 Å². The maximum atomic E-state index is 12.7. The average molecular weight is 393 g/mol. The Morgan fingerprint density at radius 3 is 2.31 bits per heavy atom. The Morgan fingerprint density at radius 1 is 1.00 bits per heavy atom. The molecule has 0 saturated heterocycles.